The monoisotopic (exact) mass is 510 g/mol. The molecule has 5 aromatic heterocycles. The van der Waals surface area contributed by atoms with E-state index in [2.05, 4.69) is 29.9 Å². The molecule has 11 nitrogen and oxygen atoms in total. The van der Waals surface area contributed by atoms with Crippen molar-refractivity contribution in [2.75, 3.05) is 11.1 Å². The van der Waals surface area contributed by atoms with E-state index >= 15 is 4.39 Å². The SMILES string of the molecule is Cc1c(-c2cc3cc(Nc4cc5n(n4)Cc4nccn4CC5)ncc3c(N)c2F)cnc2c(=O)n(C)[nH]c12. The number of nitrogens with zero attached hydrogens (tertiary/aromatic N) is 7. The Morgan fingerprint density at radius 2 is 1.97 bits per heavy atom. The minimum Gasteiger partial charge on any atom is -0.396 e. The maximum absolute atomic E-state index is 15.5. The number of rotatable bonds is 3. The molecule has 0 atom stereocenters. The molecule has 0 fully saturated rings. The number of hydrogen-bond acceptors (Lipinski definition) is 7. The maximum atomic E-state index is 15.5. The van der Waals surface area contributed by atoms with Gasteiger partial charge in [0.05, 0.1) is 17.7 Å². The van der Waals surface area contributed by atoms with E-state index in [9.17, 15) is 4.79 Å². The van der Waals surface area contributed by atoms with Crippen LogP contribution < -0.4 is 16.6 Å². The fourth-order valence-electron chi connectivity index (χ4n) is 5.16. The molecule has 0 bridgehead atoms. The van der Waals surface area contributed by atoms with Gasteiger partial charge in [0.25, 0.3) is 5.56 Å². The number of imidazole rings is 1. The first-order chi connectivity index (χ1) is 18.4. The molecule has 6 aromatic rings. The van der Waals surface area contributed by atoms with Crippen LogP contribution in [0.3, 0.4) is 0 Å². The summed E-state index contributed by atoms with van der Waals surface area (Å²) in [4.78, 5) is 25.5. The van der Waals surface area contributed by atoms with Crippen LogP contribution in [0.25, 0.3) is 32.9 Å². The molecular formula is C26H23FN10O. The van der Waals surface area contributed by atoms with Gasteiger partial charge in [-0.15, -0.1) is 0 Å². The molecule has 7 rings (SSSR count). The smallest absolute Gasteiger partial charge is 0.292 e. The number of benzene rings is 1. The highest BCUT2D eigenvalue weighted by Gasteiger charge is 2.20. The Morgan fingerprint density at radius 3 is 2.84 bits per heavy atom. The van der Waals surface area contributed by atoms with Crippen LogP contribution in [0.4, 0.5) is 21.7 Å². The standard InChI is InChI=1S/C26H23FN10O/c1-13-17(10-31-25-24(13)34-35(2)26(25)38)16-7-14-8-19(30-11-18(14)23(28)22(16)27)32-20-9-15-3-5-36-6-4-29-21(36)12-37(15)33-20/h4,6-11,34H,3,5,12,28H2,1-2H3,(H,30,32,33). The summed E-state index contributed by atoms with van der Waals surface area (Å²) >= 11 is 0. The average molecular weight is 511 g/mol. The van der Waals surface area contributed by atoms with E-state index in [0.29, 0.717) is 56.7 Å². The Kier molecular flexibility index (Phi) is 4.68. The van der Waals surface area contributed by atoms with Crippen LogP contribution in [0.2, 0.25) is 0 Å². The molecular weight excluding hydrogens is 487 g/mol. The van der Waals surface area contributed by atoms with Crippen molar-refractivity contribution >= 4 is 39.1 Å². The van der Waals surface area contributed by atoms with Gasteiger partial charge in [0.1, 0.15) is 11.6 Å². The summed E-state index contributed by atoms with van der Waals surface area (Å²) in [5.74, 6) is 1.64. The van der Waals surface area contributed by atoms with Crippen LogP contribution in [0, 0.1) is 12.7 Å². The van der Waals surface area contributed by atoms with Gasteiger partial charge in [-0.1, -0.05) is 0 Å². The van der Waals surface area contributed by atoms with Crippen molar-refractivity contribution in [2.24, 2.45) is 7.05 Å². The lowest BCUT2D eigenvalue weighted by atomic mass is 9.97. The number of nitrogen functional groups attached to an aromatic ring is 1. The number of halogens is 1. The predicted molar refractivity (Wildman–Crippen MR) is 142 cm³/mol. The second-order valence-corrected chi connectivity index (χ2v) is 9.53. The number of aromatic nitrogens is 8. The summed E-state index contributed by atoms with van der Waals surface area (Å²) in [6.45, 7) is 3.27. The number of hydrogen-bond donors (Lipinski definition) is 3. The summed E-state index contributed by atoms with van der Waals surface area (Å²) in [7, 11) is 1.62. The number of pyridine rings is 2. The van der Waals surface area contributed by atoms with Gasteiger partial charge < -0.3 is 15.6 Å². The van der Waals surface area contributed by atoms with Crippen molar-refractivity contribution in [1.82, 2.24) is 39.1 Å². The minimum absolute atomic E-state index is 0.00168. The molecule has 1 aliphatic heterocycles. The molecule has 1 aromatic carbocycles. The predicted octanol–water partition coefficient (Wildman–Crippen LogP) is 3.25. The lowest BCUT2D eigenvalue weighted by Gasteiger charge is -2.13. The molecule has 0 amide bonds. The van der Waals surface area contributed by atoms with E-state index in [1.807, 2.05) is 29.9 Å². The fourth-order valence-corrected chi connectivity index (χ4v) is 5.16. The second kappa shape index (κ2) is 8.00. The van der Waals surface area contributed by atoms with Crippen LogP contribution in [-0.2, 0) is 26.6 Å². The Bertz CT molecular complexity index is 1960. The molecule has 1 aliphatic rings. The third-order valence-electron chi connectivity index (χ3n) is 7.24. The summed E-state index contributed by atoms with van der Waals surface area (Å²) in [5.41, 5.74) is 9.51. The van der Waals surface area contributed by atoms with Gasteiger partial charge in [-0.3, -0.25) is 19.3 Å². The largest absolute Gasteiger partial charge is 0.396 e. The third-order valence-corrected chi connectivity index (χ3v) is 7.24. The first kappa shape index (κ1) is 22.2. The quantitative estimate of drug-likeness (QED) is 0.311. The van der Waals surface area contributed by atoms with Gasteiger partial charge in [-0.2, -0.15) is 5.10 Å². The molecule has 0 radical (unpaired) electrons. The van der Waals surface area contributed by atoms with Gasteiger partial charge in [0.15, 0.2) is 17.2 Å². The number of nitrogens with one attached hydrogen (secondary N) is 2. The Labute approximate surface area is 214 Å². The van der Waals surface area contributed by atoms with Gasteiger partial charge in [0, 0.05) is 73.1 Å². The van der Waals surface area contributed by atoms with Crippen molar-refractivity contribution < 1.29 is 4.39 Å². The molecule has 6 heterocycles. The zero-order valence-electron chi connectivity index (χ0n) is 20.7. The number of aromatic amines is 1. The highest BCUT2D eigenvalue weighted by molar-refractivity contribution is 5.99. The topological polar surface area (TPSA) is 137 Å². The van der Waals surface area contributed by atoms with E-state index in [4.69, 9.17) is 10.8 Å². The number of nitrogens with two attached hydrogens (primary N) is 1. The van der Waals surface area contributed by atoms with Crippen LogP contribution in [0.5, 0.6) is 0 Å². The molecule has 0 unspecified atom stereocenters. The lowest BCUT2D eigenvalue weighted by Crippen LogP contribution is -2.11. The van der Waals surface area contributed by atoms with E-state index in [0.717, 1.165) is 24.5 Å². The van der Waals surface area contributed by atoms with E-state index in [1.165, 1.54) is 10.9 Å². The first-order valence-corrected chi connectivity index (χ1v) is 12.1. The average Bonchev–Trinajstić information content (AvgIpc) is 3.56. The van der Waals surface area contributed by atoms with E-state index in [1.54, 1.807) is 25.5 Å². The number of H-pyrrole nitrogens is 1. The van der Waals surface area contributed by atoms with Crippen LogP contribution >= 0.6 is 0 Å². The Morgan fingerprint density at radius 1 is 1.11 bits per heavy atom. The van der Waals surface area contributed by atoms with Gasteiger partial charge in [0.2, 0.25) is 0 Å². The van der Waals surface area contributed by atoms with Crippen molar-refractivity contribution in [3.8, 4) is 11.1 Å². The maximum Gasteiger partial charge on any atom is 0.292 e. The summed E-state index contributed by atoms with van der Waals surface area (Å²) in [5, 5.41) is 12.2. The molecule has 0 aliphatic carbocycles. The first-order valence-electron chi connectivity index (χ1n) is 12.1. The third kappa shape index (κ3) is 3.30. The molecule has 190 valence electrons. The molecule has 0 spiro atoms. The number of fused-ring (bicyclic) bond motifs is 4. The van der Waals surface area contributed by atoms with Gasteiger partial charge in [-0.05, 0) is 30.0 Å². The Hall–Kier alpha value is -5.00. The van der Waals surface area contributed by atoms with Crippen LogP contribution in [-0.4, -0.2) is 39.1 Å². The summed E-state index contributed by atoms with van der Waals surface area (Å²) in [6.07, 6.45) is 7.70. The Balaban J connectivity index is 1.27. The van der Waals surface area contributed by atoms with Crippen LogP contribution in [0.1, 0.15) is 17.1 Å². The van der Waals surface area contributed by atoms with E-state index < -0.39 is 5.82 Å². The summed E-state index contributed by atoms with van der Waals surface area (Å²) in [6, 6.07) is 5.55. The minimum atomic E-state index is -0.557. The molecule has 12 heteroatoms. The van der Waals surface area contributed by atoms with Gasteiger partial charge >= 0.3 is 0 Å². The van der Waals surface area contributed by atoms with Crippen LogP contribution in [0.15, 0.2) is 47.8 Å². The van der Waals surface area contributed by atoms with Crippen molar-refractivity contribution in [1.29, 1.82) is 0 Å². The number of anilines is 3. The molecule has 4 N–H and O–H groups in total. The highest BCUT2D eigenvalue weighted by Crippen LogP contribution is 2.36. The van der Waals surface area contributed by atoms with Crippen molar-refractivity contribution in [3.05, 3.63) is 76.2 Å². The molecule has 0 saturated carbocycles. The fraction of sp³-hybridized carbons (Fsp3) is 0.192. The molecule has 38 heavy (non-hydrogen) atoms. The number of aryl methyl sites for hydroxylation is 4. The zero-order chi connectivity index (χ0) is 26.1. The van der Waals surface area contributed by atoms with Crippen molar-refractivity contribution in [3.63, 3.8) is 0 Å². The zero-order valence-corrected chi connectivity index (χ0v) is 20.7. The highest BCUT2D eigenvalue weighted by atomic mass is 19.1. The lowest BCUT2D eigenvalue weighted by molar-refractivity contribution is 0.637. The summed E-state index contributed by atoms with van der Waals surface area (Å²) < 4.78 is 20.9. The normalized spacial score (nSPS) is 13.0. The van der Waals surface area contributed by atoms with E-state index in [-0.39, 0.29) is 11.2 Å². The van der Waals surface area contributed by atoms with Gasteiger partial charge in [-0.25, -0.2) is 19.3 Å². The van der Waals surface area contributed by atoms with Crippen molar-refractivity contribution in [2.45, 2.75) is 26.4 Å². The molecule has 0 saturated heterocycles. The second-order valence-electron chi connectivity index (χ2n) is 9.53.